The minimum absolute atomic E-state index is 0.378. The Morgan fingerprint density at radius 3 is 0.950 bits per heavy atom. The van der Waals surface area contributed by atoms with Crippen molar-refractivity contribution in [2.45, 2.75) is 56.0 Å². The summed E-state index contributed by atoms with van der Waals surface area (Å²) >= 11 is 0. The highest BCUT2D eigenvalue weighted by atomic mass is 19.4. The van der Waals surface area contributed by atoms with E-state index in [0.717, 1.165) is 16.3 Å². The van der Waals surface area contributed by atoms with Crippen molar-refractivity contribution in [1.82, 2.24) is 0 Å². The molecule has 5 nitrogen and oxygen atoms in total. The number of fused-ring (bicyclic) bond motifs is 1. The van der Waals surface area contributed by atoms with Gasteiger partial charge in [-0.15, -0.1) is 0 Å². The number of hydrogen-bond acceptors (Lipinski definition) is 3. The smallest absolute Gasteiger partial charge is 0.280 e. The Bertz CT molecular complexity index is 3010. The lowest BCUT2D eigenvalue weighted by Gasteiger charge is -2.46. The van der Waals surface area contributed by atoms with E-state index >= 15 is 0 Å². The molecule has 6 aromatic carbocycles. The Balaban J connectivity index is 0.000000370. The summed E-state index contributed by atoms with van der Waals surface area (Å²) in [5, 5.41) is 12.4. The second-order valence-electron chi connectivity index (χ2n) is 17.5. The number of Topliss-reactive ketones (excluding diaryl/α,β-unsaturated/α-hetero) is 1. The first-order valence-electron chi connectivity index (χ1n) is 21.9. The van der Waals surface area contributed by atoms with Gasteiger partial charge in [-0.2, -0.15) is 132 Å². The Hall–Kier alpha value is -7.82. The maximum Gasteiger partial charge on any atom is 0.416 e. The third-order valence-corrected chi connectivity index (χ3v) is 12.1. The van der Waals surface area contributed by atoms with Crippen LogP contribution >= 0.6 is 0 Å². The highest BCUT2D eigenvalue weighted by molar-refractivity contribution is 7.20. The number of pyridine rings is 1. The van der Waals surface area contributed by atoms with Crippen LogP contribution in [0.15, 0.2) is 140 Å². The van der Waals surface area contributed by atoms with E-state index in [-0.39, 0.29) is 0 Å². The summed E-state index contributed by atoms with van der Waals surface area (Å²) in [7, 11) is 0. The molecule has 426 valence electrons. The fourth-order valence-electron chi connectivity index (χ4n) is 8.74. The van der Waals surface area contributed by atoms with Crippen molar-refractivity contribution in [3.63, 3.8) is 0 Å². The number of nitro groups is 1. The molecule has 1 aromatic heterocycles. The summed E-state index contributed by atoms with van der Waals surface area (Å²) in [6.45, 7) is -0.215. The Kier molecular flexibility index (Phi) is 16.4. The predicted octanol–water partition coefficient (Wildman–Crippen LogP) is 13.8. The lowest BCUT2D eigenvalue weighted by atomic mass is 9.12. The van der Waals surface area contributed by atoms with Crippen LogP contribution in [0.2, 0.25) is 0 Å². The Morgan fingerprint density at radius 2 is 0.675 bits per heavy atom. The van der Waals surface area contributed by atoms with E-state index in [1.54, 1.807) is 4.57 Å². The van der Waals surface area contributed by atoms with Gasteiger partial charge in [0.15, 0.2) is 12.7 Å². The second kappa shape index (κ2) is 21.3. The zero-order valence-electron chi connectivity index (χ0n) is 39.0. The molecular weight excluding hydrogens is 1140 g/mol. The van der Waals surface area contributed by atoms with E-state index in [1.807, 2.05) is 66.9 Å². The van der Waals surface area contributed by atoms with Crippen molar-refractivity contribution < 1.29 is 120 Å². The van der Waals surface area contributed by atoms with E-state index in [2.05, 4.69) is 0 Å². The van der Waals surface area contributed by atoms with Crippen LogP contribution in [0.25, 0.3) is 10.8 Å². The van der Waals surface area contributed by atoms with Crippen LogP contribution in [-0.4, -0.2) is 23.4 Å². The summed E-state index contributed by atoms with van der Waals surface area (Å²) in [6, 6.07) is 10.2. The van der Waals surface area contributed by atoms with Gasteiger partial charge in [0.2, 0.25) is 0 Å². The van der Waals surface area contributed by atoms with Crippen molar-refractivity contribution in [3.8, 4) is 0 Å². The molecule has 0 aliphatic rings. The zero-order valence-corrected chi connectivity index (χ0v) is 39.0. The van der Waals surface area contributed by atoms with Crippen LogP contribution in [0.1, 0.15) is 60.6 Å². The number of ketones is 1. The number of nitrogens with zero attached hydrogens (tertiary/aromatic N) is 2. The molecule has 0 saturated carbocycles. The first kappa shape index (κ1) is 61.4. The molecule has 0 bridgehead atoms. The molecule has 0 N–H and O–H groups in total. The molecule has 0 amide bonds. The monoisotopic (exact) mass is 1170 g/mol. The van der Waals surface area contributed by atoms with Crippen molar-refractivity contribution in [2.24, 2.45) is 0 Å². The van der Waals surface area contributed by atoms with Gasteiger partial charge >= 0.3 is 49.4 Å². The molecule has 0 fully saturated rings. The summed E-state index contributed by atoms with van der Waals surface area (Å²) in [4.78, 5) is 22.6. The van der Waals surface area contributed by atoms with Crippen LogP contribution in [-0.2, 0) is 56.0 Å². The first-order valence-corrected chi connectivity index (χ1v) is 21.9. The van der Waals surface area contributed by atoms with Crippen molar-refractivity contribution in [1.29, 1.82) is 0 Å². The van der Waals surface area contributed by atoms with Gasteiger partial charge in [-0.3, -0.25) is 14.9 Å². The molecule has 0 radical (unpaired) electrons. The summed E-state index contributed by atoms with van der Waals surface area (Å²) in [5.41, 5.74) is -28.8. The minimum atomic E-state index is -6.13. The Morgan fingerprint density at radius 1 is 0.400 bits per heavy atom. The van der Waals surface area contributed by atoms with Crippen LogP contribution in [0.3, 0.4) is 0 Å². The maximum absolute atomic E-state index is 14.2. The quantitative estimate of drug-likeness (QED) is 0.0361. The molecule has 0 aliphatic carbocycles. The number of carbonyl (C=O) groups is 1. The topological polar surface area (TPSA) is 64.1 Å². The van der Waals surface area contributed by atoms with Gasteiger partial charge in [0.25, 0.3) is 18.0 Å². The van der Waals surface area contributed by atoms with Crippen LogP contribution < -0.4 is 26.4 Å². The van der Waals surface area contributed by atoms with E-state index < -0.39 is 212 Å². The second-order valence-corrected chi connectivity index (χ2v) is 17.5. The number of hydrogen-bond donors (Lipinski definition) is 0. The van der Waals surface area contributed by atoms with E-state index in [9.17, 15) is 120 Å². The maximum atomic E-state index is 14.2. The average molecular weight is 1170 g/mol. The number of halogens is 24. The normalized spacial score (nSPS) is 13.2. The van der Waals surface area contributed by atoms with E-state index in [1.165, 1.54) is 0 Å². The molecule has 7 aromatic rings. The third kappa shape index (κ3) is 13.8. The van der Waals surface area contributed by atoms with Crippen molar-refractivity contribution >= 4 is 44.6 Å². The number of alkyl halides is 24. The fourth-order valence-corrected chi connectivity index (χ4v) is 8.74. The molecular formula is C50H27BF24N2O3. The Labute approximate surface area is 431 Å². The molecule has 0 saturated heterocycles. The third-order valence-electron chi connectivity index (χ3n) is 12.1. The van der Waals surface area contributed by atoms with Gasteiger partial charge < -0.3 is 0 Å². The van der Waals surface area contributed by atoms with Gasteiger partial charge in [0.1, 0.15) is 6.15 Å². The molecule has 80 heavy (non-hydrogen) atoms. The highest BCUT2D eigenvalue weighted by Gasteiger charge is 2.47. The lowest BCUT2D eigenvalue weighted by molar-refractivity contribution is -0.689. The highest BCUT2D eigenvalue weighted by Crippen LogP contribution is 2.41. The number of aromatic nitrogens is 1. The van der Waals surface area contributed by atoms with Gasteiger partial charge in [-0.25, -0.2) is 0 Å². The number of carbonyl (C=O) groups excluding carboxylic acids is 1. The standard InChI is InChI=1S/C32H12BF24.C18H15N2O3/c34-25(35,36)13-1-14(26(37,38)39)6-21(5-13)33(22-7-15(27(40,41)42)2-16(8-22)28(43,44)45,23-9-17(29(46,47)48)3-18(10-23)30(49,50)51)24-11-19(31(52,53)54)4-20(12-24)32(55,56)57;21-17(13-20(22)23)18-16-9-5-4-8-15(16)10-11-19(18)12-14-6-2-1-3-7-14/h1-12H;1-11H,12-13H2/q-1;+1. The summed E-state index contributed by atoms with van der Waals surface area (Å²) in [6.07, 6.45) is -53.0. The largest absolute Gasteiger partial charge is 0.416 e. The van der Waals surface area contributed by atoms with Crippen LogP contribution in [0.4, 0.5) is 105 Å². The number of rotatable bonds is 9. The van der Waals surface area contributed by atoms with Gasteiger partial charge in [0, 0.05) is 16.6 Å². The minimum Gasteiger partial charge on any atom is -0.280 e. The lowest BCUT2D eigenvalue weighted by Crippen LogP contribution is -2.75. The molecule has 0 aliphatic heterocycles. The van der Waals surface area contributed by atoms with Crippen molar-refractivity contribution in [2.75, 3.05) is 6.54 Å². The fraction of sp³-hybridized carbons (Fsp3) is 0.200. The molecule has 0 unspecified atom stereocenters. The molecule has 0 spiro atoms. The summed E-state index contributed by atoms with van der Waals surface area (Å²) in [5.74, 6) is -0.484. The summed E-state index contributed by atoms with van der Waals surface area (Å²) < 4.78 is 343. The molecule has 30 heteroatoms. The number of benzene rings is 6. The van der Waals surface area contributed by atoms with Crippen LogP contribution in [0.5, 0.6) is 0 Å². The van der Waals surface area contributed by atoms with Gasteiger partial charge in [-0.05, 0) is 35.7 Å². The molecule has 7 rings (SSSR count). The van der Waals surface area contributed by atoms with Gasteiger partial charge in [0.05, 0.1) is 49.9 Å². The van der Waals surface area contributed by atoms with E-state index in [4.69, 9.17) is 0 Å². The van der Waals surface area contributed by atoms with Crippen LogP contribution in [0, 0.1) is 10.1 Å². The average Bonchev–Trinajstić information content (AvgIpc) is 3.32. The van der Waals surface area contributed by atoms with Gasteiger partial charge in [-0.1, -0.05) is 97.1 Å². The zero-order chi connectivity index (χ0) is 60.1. The SMILES string of the molecule is FC(F)(F)c1cc([B-](c2cc(C(F)(F)F)cc(C(F)(F)F)c2)(c2cc(C(F)(F)F)cc(C(F)(F)F)c2)c2cc(C(F)(F)F)cc(C(F)(F)F)c2)cc(C(F)(F)F)c1.O=C(C[N+](=O)[O-])c1c2ccccc2cc[n+]1Cc1ccccc1. The predicted molar refractivity (Wildman–Crippen MR) is 236 cm³/mol. The molecule has 0 atom stereocenters. The molecule has 1 heterocycles. The first-order chi connectivity index (χ1) is 36.4. The van der Waals surface area contributed by atoms with Crippen molar-refractivity contribution in [3.05, 3.63) is 206 Å². The van der Waals surface area contributed by atoms with E-state index in [0.29, 0.717) is 12.2 Å².